The lowest BCUT2D eigenvalue weighted by atomic mass is 10.0. The van der Waals surface area contributed by atoms with Crippen LogP contribution in [0.15, 0.2) is 0 Å². The van der Waals surface area contributed by atoms with Crippen LogP contribution in [0.3, 0.4) is 0 Å². The fourth-order valence-corrected chi connectivity index (χ4v) is 2.18. The van der Waals surface area contributed by atoms with Gasteiger partial charge in [0.1, 0.15) is 6.04 Å². The van der Waals surface area contributed by atoms with E-state index in [0.29, 0.717) is 12.0 Å². The maximum Gasteiger partial charge on any atom is 0.323 e. The Morgan fingerprint density at radius 1 is 1.29 bits per heavy atom. The van der Waals surface area contributed by atoms with Crippen LogP contribution in [0.2, 0.25) is 0 Å². The van der Waals surface area contributed by atoms with Gasteiger partial charge >= 0.3 is 5.97 Å². The number of aliphatic carboxylic acids is 1. The SMILES string of the molecule is CCC(CC)N(CC(C)C)C(COC)C(=O)O. The normalized spacial score (nSPS) is 13.6. The second-order valence-electron chi connectivity index (χ2n) is 4.87. The third-order valence-corrected chi connectivity index (χ3v) is 3.00. The molecule has 0 bridgehead atoms. The number of hydrogen-bond donors (Lipinski definition) is 1. The van der Waals surface area contributed by atoms with Gasteiger partial charge in [0.2, 0.25) is 0 Å². The molecule has 0 saturated heterocycles. The molecule has 4 nitrogen and oxygen atoms in total. The van der Waals surface area contributed by atoms with E-state index in [-0.39, 0.29) is 6.61 Å². The highest BCUT2D eigenvalue weighted by molar-refractivity contribution is 5.73. The van der Waals surface area contributed by atoms with E-state index in [1.807, 2.05) is 0 Å². The molecule has 17 heavy (non-hydrogen) atoms. The number of nitrogens with zero attached hydrogens (tertiary/aromatic N) is 1. The molecule has 4 heteroatoms. The second kappa shape index (κ2) is 8.48. The predicted molar refractivity (Wildman–Crippen MR) is 69.2 cm³/mol. The number of ether oxygens (including phenoxy) is 1. The van der Waals surface area contributed by atoms with Gasteiger partial charge in [0.25, 0.3) is 0 Å². The molecule has 0 fully saturated rings. The van der Waals surface area contributed by atoms with E-state index in [0.717, 1.165) is 19.4 Å². The highest BCUT2D eigenvalue weighted by Gasteiger charge is 2.30. The maximum absolute atomic E-state index is 11.3. The van der Waals surface area contributed by atoms with Crippen molar-refractivity contribution in [3.05, 3.63) is 0 Å². The average Bonchev–Trinajstić information content (AvgIpc) is 2.25. The molecule has 0 aromatic rings. The molecule has 0 saturated carbocycles. The summed E-state index contributed by atoms with van der Waals surface area (Å²) in [5.74, 6) is -0.339. The van der Waals surface area contributed by atoms with Gasteiger partial charge in [-0.25, -0.2) is 0 Å². The zero-order valence-corrected chi connectivity index (χ0v) is 11.8. The smallest absolute Gasteiger partial charge is 0.323 e. The van der Waals surface area contributed by atoms with E-state index >= 15 is 0 Å². The monoisotopic (exact) mass is 245 g/mol. The van der Waals surface area contributed by atoms with Crippen molar-refractivity contribution >= 4 is 5.97 Å². The number of carboxylic acids is 1. The van der Waals surface area contributed by atoms with Crippen LogP contribution >= 0.6 is 0 Å². The lowest BCUT2D eigenvalue weighted by molar-refractivity contribution is -0.147. The van der Waals surface area contributed by atoms with Gasteiger partial charge in [-0.05, 0) is 18.8 Å². The summed E-state index contributed by atoms with van der Waals surface area (Å²) in [6, 6.07) is -0.221. The molecule has 0 spiro atoms. The summed E-state index contributed by atoms with van der Waals surface area (Å²) in [6.07, 6.45) is 1.94. The van der Waals surface area contributed by atoms with Crippen molar-refractivity contribution in [2.45, 2.75) is 52.6 Å². The molecule has 1 atom stereocenters. The molecular formula is C13H27NO3. The minimum absolute atomic E-state index is 0.249. The Morgan fingerprint density at radius 3 is 2.12 bits per heavy atom. The zero-order chi connectivity index (χ0) is 13.4. The van der Waals surface area contributed by atoms with Crippen molar-refractivity contribution < 1.29 is 14.6 Å². The number of methoxy groups -OCH3 is 1. The molecule has 0 aliphatic heterocycles. The van der Waals surface area contributed by atoms with Crippen molar-refractivity contribution in [1.29, 1.82) is 0 Å². The number of rotatable bonds is 9. The first kappa shape index (κ1) is 16.4. The maximum atomic E-state index is 11.3. The van der Waals surface area contributed by atoms with Crippen molar-refractivity contribution in [3.63, 3.8) is 0 Å². The minimum atomic E-state index is -0.792. The van der Waals surface area contributed by atoms with E-state index < -0.39 is 12.0 Å². The van der Waals surface area contributed by atoms with Crippen LogP contribution in [0, 0.1) is 5.92 Å². The van der Waals surface area contributed by atoms with Crippen LogP contribution in [0.5, 0.6) is 0 Å². The highest BCUT2D eigenvalue weighted by Crippen LogP contribution is 2.16. The van der Waals surface area contributed by atoms with Gasteiger partial charge in [-0.1, -0.05) is 27.7 Å². The predicted octanol–water partition coefficient (Wildman–Crippen LogP) is 2.23. The van der Waals surface area contributed by atoms with Gasteiger partial charge < -0.3 is 9.84 Å². The van der Waals surface area contributed by atoms with Gasteiger partial charge in [-0.2, -0.15) is 0 Å². The zero-order valence-electron chi connectivity index (χ0n) is 11.8. The molecule has 0 aliphatic carbocycles. The summed E-state index contributed by atoms with van der Waals surface area (Å²) in [7, 11) is 1.55. The number of carbonyl (C=O) groups is 1. The van der Waals surface area contributed by atoms with Crippen LogP contribution in [-0.2, 0) is 9.53 Å². The molecule has 0 heterocycles. The second-order valence-corrected chi connectivity index (χ2v) is 4.87. The van der Waals surface area contributed by atoms with E-state index in [1.165, 1.54) is 0 Å². The minimum Gasteiger partial charge on any atom is -0.480 e. The molecule has 0 radical (unpaired) electrons. The largest absolute Gasteiger partial charge is 0.480 e. The molecule has 1 N–H and O–H groups in total. The number of hydrogen-bond acceptors (Lipinski definition) is 3. The lowest BCUT2D eigenvalue weighted by Crippen LogP contribution is -2.50. The molecule has 1 unspecified atom stereocenters. The Bertz CT molecular complexity index is 215. The van der Waals surface area contributed by atoms with Gasteiger partial charge in [0, 0.05) is 19.7 Å². The van der Waals surface area contributed by atoms with Crippen LogP contribution in [0.1, 0.15) is 40.5 Å². The van der Waals surface area contributed by atoms with Crippen LogP contribution in [-0.4, -0.2) is 48.3 Å². The molecule has 0 aromatic carbocycles. The summed E-state index contributed by atoms with van der Waals surface area (Å²) >= 11 is 0. The van der Waals surface area contributed by atoms with E-state index in [9.17, 15) is 9.90 Å². The number of carboxylic acid groups (broad SMARTS) is 1. The Balaban J connectivity index is 4.88. The van der Waals surface area contributed by atoms with Crippen LogP contribution in [0.25, 0.3) is 0 Å². The fraction of sp³-hybridized carbons (Fsp3) is 0.923. The summed E-state index contributed by atoms with van der Waals surface area (Å²) in [5, 5.41) is 9.31. The first-order chi connectivity index (χ1) is 7.97. The molecule has 0 amide bonds. The van der Waals surface area contributed by atoms with E-state index in [4.69, 9.17) is 4.74 Å². The summed E-state index contributed by atoms with van der Waals surface area (Å²) < 4.78 is 5.04. The van der Waals surface area contributed by atoms with Gasteiger partial charge in [-0.3, -0.25) is 9.69 Å². The topological polar surface area (TPSA) is 49.8 Å². The quantitative estimate of drug-likeness (QED) is 0.677. The van der Waals surface area contributed by atoms with E-state index in [2.05, 4.69) is 32.6 Å². The first-order valence-electron chi connectivity index (χ1n) is 6.45. The Morgan fingerprint density at radius 2 is 1.82 bits per heavy atom. The van der Waals surface area contributed by atoms with Crippen LogP contribution in [0.4, 0.5) is 0 Å². The Kier molecular flexibility index (Phi) is 8.17. The lowest BCUT2D eigenvalue weighted by Gasteiger charge is -2.36. The third kappa shape index (κ3) is 5.50. The summed E-state index contributed by atoms with van der Waals surface area (Å²) in [5.41, 5.74) is 0. The Labute approximate surface area is 105 Å². The summed E-state index contributed by atoms with van der Waals surface area (Å²) in [6.45, 7) is 9.48. The van der Waals surface area contributed by atoms with Gasteiger partial charge in [0.05, 0.1) is 6.61 Å². The molecule has 0 aromatic heterocycles. The van der Waals surface area contributed by atoms with Crippen molar-refractivity contribution in [1.82, 2.24) is 4.90 Å². The van der Waals surface area contributed by atoms with Crippen molar-refractivity contribution in [3.8, 4) is 0 Å². The molecule has 0 rings (SSSR count). The first-order valence-corrected chi connectivity index (χ1v) is 6.45. The molecule has 102 valence electrons. The molecular weight excluding hydrogens is 218 g/mol. The van der Waals surface area contributed by atoms with Crippen LogP contribution < -0.4 is 0 Å². The van der Waals surface area contributed by atoms with E-state index in [1.54, 1.807) is 7.11 Å². The Hall–Kier alpha value is -0.610. The van der Waals surface area contributed by atoms with Gasteiger partial charge in [0.15, 0.2) is 0 Å². The van der Waals surface area contributed by atoms with Crippen molar-refractivity contribution in [2.24, 2.45) is 5.92 Å². The van der Waals surface area contributed by atoms with Gasteiger partial charge in [-0.15, -0.1) is 0 Å². The standard InChI is InChI=1S/C13H27NO3/c1-6-11(7-2)14(8-10(3)4)12(9-17-5)13(15)16/h10-12H,6-9H2,1-5H3,(H,15,16). The fourth-order valence-electron chi connectivity index (χ4n) is 2.18. The summed E-state index contributed by atoms with van der Waals surface area (Å²) in [4.78, 5) is 13.4. The molecule has 0 aliphatic rings. The third-order valence-electron chi connectivity index (χ3n) is 3.00. The van der Waals surface area contributed by atoms with Crippen molar-refractivity contribution in [2.75, 3.05) is 20.3 Å². The highest BCUT2D eigenvalue weighted by atomic mass is 16.5. The average molecular weight is 245 g/mol.